The van der Waals surface area contributed by atoms with E-state index in [1.54, 1.807) is 18.7 Å². The Balaban J connectivity index is 3.00. The number of hydrogen-bond donors (Lipinski definition) is 1. The van der Waals surface area contributed by atoms with Crippen molar-refractivity contribution in [2.24, 2.45) is 0 Å². The zero-order valence-electron chi connectivity index (χ0n) is 9.11. The summed E-state index contributed by atoms with van der Waals surface area (Å²) < 4.78 is 0. The van der Waals surface area contributed by atoms with E-state index in [0.29, 0.717) is 21.7 Å². The minimum atomic E-state index is 0.274. The normalized spacial score (nSPS) is 12.1. The summed E-state index contributed by atoms with van der Waals surface area (Å²) in [4.78, 5) is 8.34. The first-order valence-electron chi connectivity index (χ1n) is 4.79. The fraction of sp³-hybridized carbons (Fsp3) is 0.500. The molecule has 0 spiro atoms. The van der Waals surface area contributed by atoms with Gasteiger partial charge in [0.2, 0.25) is 0 Å². The van der Waals surface area contributed by atoms with Gasteiger partial charge in [-0.1, -0.05) is 25.6 Å². The van der Waals surface area contributed by atoms with E-state index in [4.69, 9.17) is 11.0 Å². The van der Waals surface area contributed by atoms with Gasteiger partial charge in [-0.3, -0.25) is 0 Å². The first-order valence-corrected chi connectivity index (χ1v) is 5.67. The third-order valence-electron chi connectivity index (χ3n) is 2.09. The molecule has 0 amide bonds. The van der Waals surface area contributed by atoms with Crippen LogP contribution in [0.2, 0.25) is 0 Å². The summed E-state index contributed by atoms with van der Waals surface area (Å²) in [5.74, 6) is 0.274. The van der Waals surface area contributed by atoms with Gasteiger partial charge in [0, 0.05) is 5.25 Å². The number of nitrogens with two attached hydrogens (primary N) is 1. The number of nitrogen functional groups attached to an aromatic ring is 1. The average Bonchev–Trinajstić information content (AvgIpc) is 2.17. The Morgan fingerprint density at radius 2 is 2.20 bits per heavy atom. The first-order chi connectivity index (χ1) is 7.08. The van der Waals surface area contributed by atoms with Crippen LogP contribution in [0.15, 0.2) is 5.16 Å². The molecule has 0 aliphatic carbocycles. The molecule has 1 heterocycles. The zero-order chi connectivity index (χ0) is 11.4. The minimum Gasteiger partial charge on any atom is -0.382 e. The van der Waals surface area contributed by atoms with Gasteiger partial charge in [0.15, 0.2) is 5.16 Å². The summed E-state index contributed by atoms with van der Waals surface area (Å²) >= 11 is 1.58. The molecular formula is C10H14N4S. The Bertz CT molecular complexity index is 374. The van der Waals surface area contributed by atoms with E-state index in [9.17, 15) is 0 Å². The number of nitrogens with zero attached hydrogens (tertiary/aromatic N) is 3. The highest BCUT2D eigenvalue weighted by atomic mass is 32.2. The first kappa shape index (κ1) is 11.8. The van der Waals surface area contributed by atoms with Gasteiger partial charge < -0.3 is 5.73 Å². The van der Waals surface area contributed by atoms with E-state index in [-0.39, 0.29) is 5.82 Å². The molecule has 1 rings (SSSR count). The van der Waals surface area contributed by atoms with Gasteiger partial charge >= 0.3 is 0 Å². The van der Waals surface area contributed by atoms with Crippen LogP contribution in [0.4, 0.5) is 5.82 Å². The van der Waals surface area contributed by atoms with Crippen molar-refractivity contribution in [2.45, 2.75) is 37.6 Å². The van der Waals surface area contributed by atoms with Crippen LogP contribution in [0.3, 0.4) is 0 Å². The van der Waals surface area contributed by atoms with E-state index in [0.717, 1.165) is 6.42 Å². The lowest BCUT2D eigenvalue weighted by Crippen LogP contribution is -2.04. The van der Waals surface area contributed by atoms with E-state index in [1.807, 2.05) is 6.07 Å². The molecule has 0 saturated carbocycles. The van der Waals surface area contributed by atoms with Gasteiger partial charge in [0.25, 0.3) is 0 Å². The van der Waals surface area contributed by atoms with Crippen LogP contribution in [0.5, 0.6) is 0 Å². The van der Waals surface area contributed by atoms with E-state index in [2.05, 4.69) is 23.8 Å². The smallest absolute Gasteiger partial charge is 0.190 e. The molecule has 80 valence electrons. The summed E-state index contributed by atoms with van der Waals surface area (Å²) in [5, 5.41) is 9.91. The molecule has 0 saturated heterocycles. The Kier molecular flexibility index (Phi) is 3.92. The average molecular weight is 222 g/mol. The predicted octanol–water partition coefficient (Wildman–Crippen LogP) is 2.13. The molecule has 4 nitrogen and oxygen atoms in total. The van der Waals surface area contributed by atoms with Gasteiger partial charge in [-0.2, -0.15) is 5.26 Å². The Hall–Kier alpha value is -1.28. The zero-order valence-corrected chi connectivity index (χ0v) is 9.93. The highest BCUT2D eigenvalue weighted by Crippen LogP contribution is 2.24. The summed E-state index contributed by atoms with van der Waals surface area (Å²) in [6.07, 6.45) is 1.05. The largest absolute Gasteiger partial charge is 0.382 e. The van der Waals surface area contributed by atoms with Gasteiger partial charge in [-0.25, -0.2) is 9.97 Å². The predicted molar refractivity (Wildman–Crippen MR) is 61.5 cm³/mol. The number of aryl methyl sites for hydroxylation is 1. The lowest BCUT2D eigenvalue weighted by atomic mass is 10.2. The highest BCUT2D eigenvalue weighted by molar-refractivity contribution is 7.99. The van der Waals surface area contributed by atoms with Crippen molar-refractivity contribution in [3.05, 3.63) is 11.3 Å². The molecule has 0 unspecified atom stereocenters. The summed E-state index contributed by atoms with van der Waals surface area (Å²) in [7, 11) is 0. The monoisotopic (exact) mass is 222 g/mol. The van der Waals surface area contributed by atoms with Crippen LogP contribution >= 0.6 is 11.8 Å². The third-order valence-corrected chi connectivity index (χ3v) is 3.22. The molecule has 0 aromatic carbocycles. The van der Waals surface area contributed by atoms with Gasteiger partial charge in [0.05, 0.1) is 5.69 Å². The molecule has 0 aliphatic heterocycles. The summed E-state index contributed by atoms with van der Waals surface area (Å²) in [5.41, 5.74) is 6.69. The van der Waals surface area contributed by atoms with Gasteiger partial charge in [-0.15, -0.1) is 0 Å². The molecule has 1 aromatic heterocycles. The second-order valence-electron chi connectivity index (χ2n) is 3.30. The van der Waals surface area contributed by atoms with Crippen LogP contribution in [0.25, 0.3) is 0 Å². The standard InChI is InChI=1S/C10H14N4S/c1-4-6(2)15-10-13-7(3)8(5-11)9(12)14-10/h6H,4H2,1-3H3,(H2,12,13,14)/t6-/m1/s1. The van der Waals surface area contributed by atoms with Crippen molar-refractivity contribution < 1.29 is 0 Å². The third kappa shape index (κ3) is 2.83. The second-order valence-corrected chi connectivity index (χ2v) is 4.71. The van der Waals surface area contributed by atoms with E-state index >= 15 is 0 Å². The van der Waals surface area contributed by atoms with Crippen molar-refractivity contribution in [3.63, 3.8) is 0 Å². The van der Waals surface area contributed by atoms with Crippen LogP contribution in [0, 0.1) is 18.3 Å². The number of nitriles is 1. The lowest BCUT2D eigenvalue weighted by molar-refractivity contribution is 0.877. The second kappa shape index (κ2) is 4.99. The maximum absolute atomic E-state index is 8.80. The molecule has 0 fully saturated rings. The van der Waals surface area contributed by atoms with Crippen molar-refractivity contribution >= 4 is 17.6 Å². The fourth-order valence-corrected chi connectivity index (χ4v) is 1.89. The maximum atomic E-state index is 8.80. The van der Waals surface area contributed by atoms with Crippen molar-refractivity contribution in [3.8, 4) is 6.07 Å². The van der Waals surface area contributed by atoms with Crippen molar-refractivity contribution in [2.75, 3.05) is 5.73 Å². The SMILES string of the molecule is CC[C@@H](C)Sc1nc(C)c(C#N)c(N)n1. The van der Waals surface area contributed by atoms with Crippen LogP contribution in [-0.4, -0.2) is 15.2 Å². The van der Waals surface area contributed by atoms with E-state index < -0.39 is 0 Å². The van der Waals surface area contributed by atoms with Gasteiger partial charge in [-0.05, 0) is 13.3 Å². The lowest BCUT2D eigenvalue weighted by Gasteiger charge is -2.08. The molecule has 1 atom stereocenters. The molecule has 2 N–H and O–H groups in total. The molecular weight excluding hydrogens is 208 g/mol. The minimum absolute atomic E-state index is 0.274. The molecule has 15 heavy (non-hydrogen) atoms. The number of thioether (sulfide) groups is 1. The number of rotatable bonds is 3. The Labute approximate surface area is 93.9 Å². The number of aromatic nitrogens is 2. The summed E-state index contributed by atoms with van der Waals surface area (Å²) in [6.45, 7) is 5.99. The van der Waals surface area contributed by atoms with Crippen LogP contribution < -0.4 is 5.73 Å². The van der Waals surface area contributed by atoms with Crippen LogP contribution in [0.1, 0.15) is 31.5 Å². The topological polar surface area (TPSA) is 75.6 Å². The number of hydrogen-bond acceptors (Lipinski definition) is 5. The highest BCUT2D eigenvalue weighted by Gasteiger charge is 2.10. The summed E-state index contributed by atoms with van der Waals surface area (Å²) in [6, 6.07) is 2.00. The Morgan fingerprint density at radius 3 is 2.67 bits per heavy atom. The quantitative estimate of drug-likeness (QED) is 0.626. The maximum Gasteiger partial charge on any atom is 0.190 e. The fourth-order valence-electron chi connectivity index (χ4n) is 1.02. The molecule has 0 radical (unpaired) electrons. The molecule has 1 aromatic rings. The van der Waals surface area contributed by atoms with Crippen molar-refractivity contribution in [1.29, 1.82) is 5.26 Å². The number of anilines is 1. The molecule has 5 heteroatoms. The van der Waals surface area contributed by atoms with Gasteiger partial charge in [0.1, 0.15) is 17.5 Å². The molecule has 0 aliphatic rings. The van der Waals surface area contributed by atoms with Crippen molar-refractivity contribution in [1.82, 2.24) is 9.97 Å². The Morgan fingerprint density at radius 1 is 1.53 bits per heavy atom. The van der Waals surface area contributed by atoms with E-state index in [1.165, 1.54) is 0 Å². The van der Waals surface area contributed by atoms with Crippen LogP contribution in [-0.2, 0) is 0 Å². The molecule has 0 bridgehead atoms.